The fourth-order valence-electron chi connectivity index (χ4n) is 3.76. The van der Waals surface area contributed by atoms with Gasteiger partial charge in [-0.15, -0.1) is 0 Å². The van der Waals surface area contributed by atoms with Crippen molar-refractivity contribution in [2.24, 2.45) is 0 Å². The number of aliphatic carboxylic acids is 1. The van der Waals surface area contributed by atoms with Crippen molar-refractivity contribution < 1.29 is 19.5 Å². The summed E-state index contributed by atoms with van der Waals surface area (Å²) < 4.78 is 0. The molecule has 1 heterocycles. The van der Waals surface area contributed by atoms with Gasteiger partial charge in [-0.25, -0.2) is 4.79 Å². The molecule has 0 aliphatic rings. The second kappa shape index (κ2) is 26.6. The predicted octanol–water partition coefficient (Wildman–Crippen LogP) is 7.43. The highest BCUT2D eigenvalue weighted by molar-refractivity contribution is 5.84. The monoisotopic (exact) mass is 587 g/mol. The van der Waals surface area contributed by atoms with Gasteiger partial charge in [0, 0.05) is 31.8 Å². The van der Waals surface area contributed by atoms with Gasteiger partial charge in [-0.3, -0.25) is 14.6 Å². The number of nitrogens with zero attached hydrogens (tertiary/aromatic N) is 1. The summed E-state index contributed by atoms with van der Waals surface area (Å²) in [7, 11) is 0. The van der Waals surface area contributed by atoms with Crippen molar-refractivity contribution in [1.82, 2.24) is 15.6 Å². The van der Waals surface area contributed by atoms with Gasteiger partial charge in [0.15, 0.2) is 0 Å². The van der Waals surface area contributed by atoms with Gasteiger partial charge in [-0.1, -0.05) is 98.1 Å². The van der Waals surface area contributed by atoms with Gasteiger partial charge in [0.1, 0.15) is 6.04 Å². The van der Waals surface area contributed by atoms with Crippen LogP contribution in [0.25, 0.3) is 6.08 Å². The van der Waals surface area contributed by atoms with Gasteiger partial charge < -0.3 is 15.7 Å². The van der Waals surface area contributed by atoms with Crippen LogP contribution in [0.3, 0.4) is 0 Å². The molecule has 1 atom stereocenters. The van der Waals surface area contributed by atoms with Crippen LogP contribution in [-0.2, 0) is 14.4 Å². The van der Waals surface area contributed by atoms with Gasteiger partial charge in [0.2, 0.25) is 11.8 Å². The minimum absolute atomic E-state index is 0.0732. The number of carboxylic acid groups (broad SMARTS) is 1. The zero-order valence-corrected chi connectivity index (χ0v) is 25.6. The van der Waals surface area contributed by atoms with Gasteiger partial charge in [0.05, 0.1) is 0 Å². The van der Waals surface area contributed by atoms with Crippen molar-refractivity contribution in [1.29, 1.82) is 0 Å². The Bertz CT molecular complexity index is 1110. The summed E-state index contributed by atoms with van der Waals surface area (Å²) in [4.78, 5) is 39.6. The van der Waals surface area contributed by atoms with Crippen LogP contribution in [-0.4, -0.2) is 40.5 Å². The van der Waals surface area contributed by atoms with E-state index in [1.807, 2.05) is 18.2 Å². The number of hydrogen-bond acceptors (Lipinski definition) is 4. The number of carbonyl (C=O) groups is 3. The maximum atomic E-state index is 12.1. The number of pyridine rings is 1. The van der Waals surface area contributed by atoms with Crippen molar-refractivity contribution in [3.8, 4) is 0 Å². The molecule has 232 valence electrons. The number of carboxylic acids is 1. The van der Waals surface area contributed by atoms with Crippen molar-refractivity contribution >= 4 is 23.9 Å². The second-order valence-corrected chi connectivity index (χ2v) is 9.80. The third-order valence-corrected chi connectivity index (χ3v) is 6.06. The lowest BCUT2D eigenvalue weighted by molar-refractivity contribution is -0.141. The van der Waals surface area contributed by atoms with E-state index < -0.39 is 12.0 Å². The molecule has 0 aliphatic heterocycles. The summed E-state index contributed by atoms with van der Waals surface area (Å²) in [5, 5.41) is 14.8. The number of hydrogen-bond donors (Lipinski definition) is 3. The van der Waals surface area contributed by atoms with E-state index in [0.29, 0.717) is 25.8 Å². The Labute approximate surface area is 258 Å². The predicted molar refractivity (Wildman–Crippen MR) is 177 cm³/mol. The van der Waals surface area contributed by atoms with Gasteiger partial charge in [-0.05, 0) is 69.4 Å². The third kappa shape index (κ3) is 23.0. The van der Waals surface area contributed by atoms with E-state index in [2.05, 4.69) is 83.3 Å². The first-order chi connectivity index (χ1) is 21.0. The van der Waals surface area contributed by atoms with Crippen LogP contribution >= 0.6 is 0 Å². The average Bonchev–Trinajstić information content (AvgIpc) is 3.00. The van der Waals surface area contributed by atoms with E-state index in [1.165, 1.54) is 0 Å². The van der Waals surface area contributed by atoms with E-state index >= 15 is 0 Å². The Morgan fingerprint density at radius 3 is 1.93 bits per heavy atom. The largest absolute Gasteiger partial charge is 0.480 e. The quantitative estimate of drug-likeness (QED) is 0.0912. The molecule has 0 radical (unpaired) electrons. The fourth-order valence-corrected chi connectivity index (χ4v) is 3.76. The molecular formula is C36H49N3O4. The van der Waals surface area contributed by atoms with Crippen molar-refractivity contribution in [3.63, 3.8) is 0 Å². The summed E-state index contributed by atoms with van der Waals surface area (Å²) in [5.74, 6) is -1.53. The van der Waals surface area contributed by atoms with Gasteiger partial charge in [0.25, 0.3) is 0 Å². The summed E-state index contributed by atoms with van der Waals surface area (Å²) >= 11 is 0. The zero-order valence-electron chi connectivity index (χ0n) is 25.6. The first-order valence-electron chi connectivity index (χ1n) is 15.3. The van der Waals surface area contributed by atoms with Crippen LogP contribution in [0, 0.1) is 0 Å². The number of aromatic nitrogens is 1. The van der Waals surface area contributed by atoms with Crippen molar-refractivity contribution in [3.05, 3.63) is 109 Å². The first kappa shape index (κ1) is 36.8. The Morgan fingerprint density at radius 1 is 0.814 bits per heavy atom. The van der Waals surface area contributed by atoms with E-state index in [0.717, 1.165) is 44.1 Å². The highest BCUT2D eigenvalue weighted by atomic mass is 16.4. The molecule has 0 bridgehead atoms. The number of amides is 2. The van der Waals surface area contributed by atoms with Gasteiger partial charge in [-0.2, -0.15) is 0 Å². The zero-order chi connectivity index (χ0) is 31.2. The van der Waals surface area contributed by atoms with Crippen LogP contribution in [0.15, 0.2) is 104 Å². The molecule has 7 heteroatoms. The highest BCUT2D eigenvalue weighted by Gasteiger charge is 2.18. The molecule has 3 N–H and O–H groups in total. The Balaban J connectivity index is 2.08. The molecule has 1 aromatic heterocycles. The van der Waals surface area contributed by atoms with Gasteiger partial charge >= 0.3 is 5.97 Å². The third-order valence-electron chi connectivity index (χ3n) is 6.06. The lowest BCUT2D eigenvalue weighted by Crippen LogP contribution is -2.41. The summed E-state index contributed by atoms with van der Waals surface area (Å²) in [6, 6.07) is 2.67. The lowest BCUT2D eigenvalue weighted by Gasteiger charge is -2.14. The van der Waals surface area contributed by atoms with Crippen LogP contribution in [0.1, 0.15) is 83.1 Å². The molecule has 1 rings (SSSR count). The molecule has 43 heavy (non-hydrogen) atoms. The Kier molecular flexibility index (Phi) is 22.8. The second-order valence-electron chi connectivity index (χ2n) is 9.80. The van der Waals surface area contributed by atoms with Crippen LogP contribution < -0.4 is 10.6 Å². The topological polar surface area (TPSA) is 108 Å². The highest BCUT2D eigenvalue weighted by Crippen LogP contribution is 2.03. The lowest BCUT2D eigenvalue weighted by atomic mass is 10.1. The molecule has 0 aliphatic carbocycles. The van der Waals surface area contributed by atoms with Crippen LogP contribution in [0.4, 0.5) is 0 Å². The first-order valence-corrected chi connectivity index (χ1v) is 15.3. The van der Waals surface area contributed by atoms with E-state index in [1.54, 1.807) is 30.6 Å². The average molecular weight is 588 g/mol. The molecule has 2 amide bonds. The Hall–Kier alpha value is -4.26. The summed E-state index contributed by atoms with van der Waals surface area (Å²) in [6.07, 6.45) is 40.1. The minimum Gasteiger partial charge on any atom is -0.480 e. The molecule has 1 aromatic rings. The molecule has 0 fully saturated rings. The maximum absolute atomic E-state index is 12.1. The molecule has 0 aromatic carbocycles. The number of carbonyl (C=O) groups excluding carboxylic acids is 2. The minimum atomic E-state index is -1.09. The molecule has 0 saturated heterocycles. The standard InChI is InChI=1S/C36H49N3O4/c1-2-3-4-5-6-7-8-9-10-11-12-13-14-15-16-17-18-19-20-27-34(40)38-30-23-26-33(36(42)43)39-35(41)28-21-24-32-25-22-29-37-31-32/h3-4,6-7,9-10,12-13,15-16,18-19,21-22,24-25,29,31,33H,2,5,8,11,14,17,20,23,26-28,30H2,1H3,(H,38,40)(H,39,41)(H,42,43)/b4-3-,7-6-,10-9-,13-12-,16-15-,19-18-,24-21+/t33-/m0/s1. The molecule has 0 unspecified atom stereocenters. The van der Waals surface area contributed by atoms with E-state index in [-0.39, 0.29) is 24.7 Å². The SMILES string of the molecule is CC/C=C\C/C=C\C/C=C\C/C=C\C/C=C\C/C=C\CCC(=O)NCCC[C@H](NC(=O)C/C=C/c1cccnc1)C(=O)O. The molecule has 0 saturated carbocycles. The molecular weight excluding hydrogens is 538 g/mol. The molecule has 7 nitrogen and oxygen atoms in total. The van der Waals surface area contributed by atoms with Crippen molar-refractivity contribution in [2.45, 2.75) is 83.6 Å². The number of allylic oxidation sites excluding steroid dienone is 12. The molecule has 0 spiro atoms. The normalized spacial score (nSPS) is 13.0. The van der Waals surface area contributed by atoms with Crippen LogP contribution in [0.5, 0.6) is 0 Å². The summed E-state index contributed by atoms with van der Waals surface area (Å²) in [5.41, 5.74) is 0.863. The van der Waals surface area contributed by atoms with Crippen molar-refractivity contribution in [2.75, 3.05) is 6.54 Å². The van der Waals surface area contributed by atoms with E-state index in [9.17, 15) is 19.5 Å². The maximum Gasteiger partial charge on any atom is 0.326 e. The number of rotatable bonds is 23. The van der Waals surface area contributed by atoms with E-state index in [4.69, 9.17) is 0 Å². The fraction of sp³-hybridized carbons (Fsp3) is 0.389. The number of nitrogens with one attached hydrogen (secondary N) is 2. The smallest absolute Gasteiger partial charge is 0.326 e. The Morgan fingerprint density at radius 2 is 1.40 bits per heavy atom. The van der Waals surface area contributed by atoms with Crippen LogP contribution in [0.2, 0.25) is 0 Å². The summed E-state index contributed by atoms with van der Waals surface area (Å²) in [6.45, 7) is 2.51.